The van der Waals surface area contributed by atoms with Crippen LogP contribution in [0.1, 0.15) is 48.9 Å². The van der Waals surface area contributed by atoms with Gasteiger partial charge in [0.05, 0.1) is 5.56 Å². The van der Waals surface area contributed by atoms with Gasteiger partial charge in [-0.2, -0.15) is 13.2 Å². The summed E-state index contributed by atoms with van der Waals surface area (Å²) in [4.78, 5) is 24.4. The van der Waals surface area contributed by atoms with Crippen molar-refractivity contribution in [1.82, 2.24) is 0 Å². The highest BCUT2D eigenvalue weighted by atomic mass is 19.4. The average molecular weight is 419 g/mol. The molecular formula is C23H24F3NO3. The third-order valence-corrected chi connectivity index (χ3v) is 4.49. The molecule has 0 saturated heterocycles. The number of rotatable bonds is 6. The third kappa shape index (κ3) is 6.20. The van der Waals surface area contributed by atoms with Crippen LogP contribution in [-0.2, 0) is 20.5 Å². The van der Waals surface area contributed by atoms with E-state index in [1.54, 1.807) is 0 Å². The highest BCUT2D eigenvalue weighted by Crippen LogP contribution is 2.29. The fourth-order valence-corrected chi connectivity index (χ4v) is 2.78. The first-order chi connectivity index (χ1) is 14.0. The molecule has 2 aromatic carbocycles. The van der Waals surface area contributed by atoms with Crippen LogP contribution >= 0.6 is 0 Å². The zero-order valence-electron chi connectivity index (χ0n) is 17.2. The molecule has 0 bridgehead atoms. The van der Waals surface area contributed by atoms with Crippen molar-refractivity contribution in [3.63, 3.8) is 0 Å². The Morgan fingerprint density at radius 1 is 1.03 bits per heavy atom. The minimum atomic E-state index is -4.42. The molecule has 0 spiro atoms. The summed E-state index contributed by atoms with van der Waals surface area (Å²) in [6, 6.07) is 10.1. The van der Waals surface area contributed by atoms with E-state index in [0.717, 1.165) is 29.3 Å². The normalized spacial score (nSPS) is 12.8. The molecular weight excluding hydrogens is 395 g/mol. The van der Waals surface area contributed by atoms with E-state index in [2.05, 4.69) is 5.32 Å². The third-order valence-electron chi connectivity index (χ3n) is 4.49. The summed E-state index contributed by atoms with van der Waals surface area (Å²) >= 11 is 0. The van der Waals surface area contributed by atoms with Gasteiger partial charge in [0.1, 0.15) is 0 Å². The first-order valence-electron chi connectivity index (χ1n) is 9.45. The van der Waals surface area contributed by atoms with Gasteiger partial charge in [-0.3, -0.25) is 4.79 Å². The average Bonchev–Trinajstić information content (AvgIpc) is 2.67. The molecule has 0 saturated carbocycles. The van der Waals surface area contributed by atoms with Crippen LogP contribution in [0.15, 0.2) is 48.5 Å². The fourth-order valence-electron chi connectivity index (χ4n) is 2.78. The Kier molecular flexibility index (Phi) is 7.43. The van der Waals surface area contributed by atoms with Crippen LogP contribution in [0, 0.1) is 6.92 Å². The second kappa shape index (κ2) is 9.61. The van der Waals surface area contributed by atoms with E-state index in [0.29, 0.717) is 11.3 Å². The van der Waals surface area contributed by atoms with Crippen LogP contribution in [0.5, 0.6) is 0 Å². The molecule has 0 unspecified atom stereocenters. The van der Waals surface area contributed by atoms with Crippen molar-refractivity contribution in [2.45, 2.75) is 45.9 Å². The van der Waals surface area contributed by atoms with Gasteiger partial charge >= 0.3 is 12.1 Å². The molecule has 0 aliphatic rings. The molecule has 1 amide bonds. The van der Waals surface area contributed by atoms with E-state index >= 15 is 0 Å². The number of amides is 1. The van der Waals surface area contributed by atoms with Crippen LogP contribution in [-0.4, -0.2) is 18.0 Å². The maximum atomic E-state index is 12.6. The standard InChI is InChI=1S/C23H24F3NO3/c1-14(2)19-7-5-6-15(3)21(19)27-22(29)16(4)30-20(28)13-10-17-8-11-18(12-9-17)23(24,25)26/h5-14,16H,1-4H3,(H,27,29)/b13-10+/t16-/m0/s1. The smallest absolute Gasteiger partial charge is 0.416 e. The summed E-state index contributed by atoms with van der Waals surface area (Å²) in [6.07, 6.45) is -3.07. The lowest BCUT2D eigenvalue weighted by Crippen LogP contribution is -2.30. The van der Waals surface area contributed by atoms with Gasteiger partial charge in [0.15, 0.2) is 6.10 Å². The summed E-state index contributed by atoms with van der Waals surface area (Å²) in [6.45, 7) is 7.36. The molecule has 7 heteroatoms. The van der Waals surface area contributed by atoms with Crippen LogP contribution < -0.4 is 5.32 Å². The lowest BCUT2D eigenvalue weighted by Gasteiger charge is -2.18. The Bertz CT molecular complexity index is 932. The second-order valence-electron chi connectivity index (χ2n) is 7.22. The van der Waals surface area contributed by atoms with Crippen molar-refractivity contribution in [1.29, 1.82) is 0 Å². The van der Waals surface area contributed by atoms with Gasteiger partial charge < -0.3 is 10.1 Å². The Morgan fingerprint density at radius 2 is 1.67 bits per heavy atom. The molecule has 30 heavy (non-hydrogen) atoms. The molecule has 0 aromatic heterocycles. The maximum absolute atomic E-state index is 12.6. The molecule has 2 rings (SSSR count). The highest BCUT2D eigenvalue weighted by Gasteiger charge is 2.29. The topological polar surface area (TPSA) is 55.4 Å². The van der Waals surface area contributed by atoms with E-state index in [9.17, 15) is 22.8 Å². The van der Waals surface area contributed by atoms with Gasteiger partial charge in [0.2, 0.25) is 0 Å². The van der Waals surface area contributed by atoms with Gasteiger partial charge in [-0.25, -0.2) is 4.79 Å². The number of anilines is 1. The molecule has 2 aromatic rings. The lowest BCUT2D eigenvalue weighted by atomic mass is 9.98. The van der Waals surface area contributed by atoms with E-state index in [-0.39, 0.29) is 5.92 Å². The number of nitrogens with one attached hydrogen (secondary N) is 1. The maximum Gasteiger partial charge on any atom is 0.416 e. The molecule has 0 radical (unpaired) electrons. The summed E-state index contributed by atoms with van der Waals surface area (Å²) in [5.74, 6) is -1.04. The molecule has 160 valence electrons. The summed E-state index contributed by atoms with van der Waals surface area (Å²) in [5.41, 5.74) is 2.20. The number of alkyl halides is 3. The van der Waals surface area contributed by atoms with Gasteiger partial charge in [0, 0.05) is 11.8 Å². The molecule has 1 atom stereocenters. The van der Waals surface area contributed by atoms with Gasteiger partial charge in [-0.15, -0.1) is 0 Å². The molecule has 1 N–H and O–H groups in total. The van der Waals surface area contributed by atoms with Crippen molar-refractivity contribution in [2.24, 2.45) is 0 Å². The Hall–Kier alpha value is -3.09. The first kappa shape index (κ1) is 23.2. The Morgan fingerprint density at radius 3 is 2.23 bits per heavy atom. The number of para-hydroxylation sites is 1. The number of carbonyl (C=O) groups excluding carboxylic acids is 2. The predicted molar refractivity (Wildman–Crippen MR) is 110 cm³/mol. The van der Waals surface area contributed by atoms with Crippen LogP contribution in [0.4, 0.5) is 18.9 Å². The number of hydrogen-bond acceptors (Lipinski definition) is 3. The van der Waals surface area contributed by atoms with E-state index < -0.39 is 29.7 Å². The van der Waals surface area contributed by atoms with Gasteiger partial charge in [-0.05, 0) is 54.7 Å². The zero-order chi connectivity index (χ0) is 22.5. The Labute approximate surface area is 173 Å². The second-order valence-corrected chi connectivity index (χ2v) is 7.22. The molecule has 0 aliphatic carbocycles. The zero-order valence-corrected chi connectivity index (χ0v) is 17.2. The SMILES string of the molecule is Cc1cccc(C(C)C)c1NC(=O)[C@H](C)OC(=O)/C=C/c1ccc(C(F)(F)F)cc1. The highest BCUT2D eigenvalue weighted by molar-refractivity contribution is 5.97. The minimum absolute atomic E-state index is 0.199. The first-order valence-corrected chi connectivity index (χ1v) is 9.45. The number of halogens is 3. The number of hydrogen-bond donors (Lipinski definition) is 1. The number of aryl methyl sites for hydroxylation is 1. The molecule has 0 heterocycles. The molecule has 4 nitrogen and oxygen atoms in total. The minimum Gasteiger partial charge on any atom is -0.449 e. The van der Waals surface area contributed by atoms with E-state index in [1.807, 2.05) is 39.0 Å². The summed E-state index contributed by atoms with van der Waals surface area (Å²) < 4.78 is 42.8. The monoisotopic (exact) mass is 419 g/mol. The largest absolute Gasteiger partial charge is 0.449 e. The Balaban J connectivity index is 1.99. The van der Waals surface area contributed by atoms with Crippen molar-refractivity contribution in [2.75, 3.05) is 5.32 Å². The quantitative estimate of drug-likeness (QED) is 0.481. The van der Waals surface area contributed by atoms with E-state index in [4.69, 9.17) is 4.74 Å². The van der Waals surface area contributed by atoms with E-state index in [1.165, 1.54) is 25.1 Å². The number of esters is 1. The molecule has 0 aliphatic heterocycles. The van der Waals surface area contributed by atoms with Gasteiger partial charge in [-0.1, -0.05) is 44.2 Å². The molecule has 0 fully saturated rings. The van der Waals surface area contributed by atoms with Gasteiger partial charge in [0.25, 0.3) is 5.91 Å². The van der Waals surface area contributed by atoms with Crippen molar-refractivity contribution < 1.29 is 27.5 Å². The lowest BCUT2D eigenvalue weighted by molar-refractivity contribution is -0.148. The van der Waals surface area contributed by atoms with Crippen molar-refractivity contribution in [3.05, 3.63) is 70.8 Å². The predicted octanol–water partition coefficient (Wildman–Crippen LogP) is 5.72. The summed E-state index contributed by atoms with van der Waals surface area (Å²) in [5, 5.41) is 2.81. The van der Waals surface area contributed by atoms with Crippen LogP contribution in [0.2, 0.25) is 0 Å². The number of carbonyl (C=O) groups is 2. The van der Waals surface area contributed by atoms with Crippen molar-refractivity contribution in [3.8, 4) is 0 Å². The fraction of sp³-hybridized carbons (Fsp3) is 0.304. The number of benzene rings is 2. The van der Waals surface area contributed by atoms with Crippen LogP contribution in [0.25, 0.3) is 6.08 Å². The summed E-state index contributed by atoms with van der Waals surface area (Å²) in [7, 11) is 0. The van der Waals surface area contributed by atoms with Crippen molar-refractivity contribution >= 4 is 23.6 Å². The van der Waals surface area contributed by atoms with Crippen LogP contribution in [0.3, 0.4) is 0 Å². The number of ether oxygens (including phenoxy) is 1.